The van der Waals surface area contributed by atoms with Crippen molar-refractivity contribution in [3.63, 3.8) is 0 Å². The number of nitriles is 1. The number of fused-ring (bicyclic) bond motifs is 2. The average molecular weight is 626 g/mol. The quantitative estimate of drug-likeness (QED) is 0.254. The maximum absolute atomic E-state index is 15.0. The van der Waals surface area contributed by atoms with Crippen LogP contribution in [-0.2, 0) is 23.6 Å². The summed E-state index contributed by atoms with van der Waals surface area (Å²) in [5.41, 5.74) is 3.59. The van der Waals surface area contributed by atoms with Gasteiger partial charge in [-0.25, -0.2) is 14.2 Å². The number of imidazole rings is 1. The van der Waals surface area contributed by atoms with Gasteiger partial charge >= 0.3 is 5.76 Å². The number of aromatic nitrogens is 5. The number of para-hydroxylation sites is 1. The van der Waals surface area contributed by atoms with Crippen molar-refractivity contribution in [1.82, 2.24) is 29.6 Å². The molecule has 0 bridgehead atoms. The van der Waals surface area contributed by atoms with Crippen molar-refractivity contribution in [2.75, 3.05) is 20.2 Å². The third-order valence-electron chi connectivity index (χ3n) is 8.83. The Bertz CT molecular complexity index is 2020. The second-order valence-electron chi connectivity index (χ2n) is 11.9. The van der Waals surface area contributed by atoms with Crippen LogP contribution in [0.25, 0.3) is 22.6 Å². The van der Waals surface area contributed by atoms with Crippen LogP contribution in [-0.4, -0.2) is 55.9 Å². The van der Waals surface area contributed by atoms with E-state index in [0.29, 0.717) is 30.3 Å². The Morgan fingerprint density at radius 2 is 2.04 bits per heavy atom. The normalized spacial score (nSPS) is 19.0. The summed E-state index contributed by atoms with van der Waals surface area (Å²) in [7, 11) is 1.68. The fraction of sp³-hybridized carbons (Fsp3) is 0.364. The predicted octanol–water partition coefficient (Wildman–Crippen LogP) is 4.84. The number of hydrogen-bond donors (Lipinski definition) is 1. The van der Waals surface area contributed by atoms with Crippen molar-refractivity contribution in [2.45, 2.75) is 57.6 Å². The first-order valence-corrected chi connectivity index (χ1v) is 15.1. The molecule has 46 heavy (non-hydrogen) atoms. The van der Waals surface area contributed by atoms with Gasteiger partial charge in [0.1, 0.15) is 17.3 Å². The number of benzene rings is 2. The molecule has 13 heteroatoms. The molecule has 0 saturated carbocycles. The van der Waals surface area contributed by atoms with Gasteiger partial charge in [0.2, 0.25) is 5.82 Å². The van der Waals surface area contributed by atoms with Crippen LogP contribution >= 0.6 is 0 Å². The molecule has 2 aromatic carbocycles. The zero-order valence-electron chi connectivity index (χ0n) is 25.6. The second-order valence-corrected chi connectivity index (χ2v) is 11.9. The van der Waals surface area contributed by atoms with Crippen LogP contribution in [0.15, 0.2) is 58.0 Å². The fourth-order valence-electron chi connectivity index (χ4n) is 6.33. The van der Waals surface area contributed by atoms with Crippen LogP contribution in [0.3, 0.4) is 0 Å². The van der Waals surface area contributed by atoms with Crippen molar-refractivity contribution in [3.8, 4) is 29.1 Å². The number of ether oxygens (including phenoxy) is 3. The second kappa shape index (κ2) is 11.7. The summed E-state index contributed by atoms with van der Waals surface area (Å²) in [6.07, 6.45) is 3.47. The van der Waals surface area contributed by atoms with Crippen LogP contribution in [0, 0.1) is 17.1 Å². The highest BCUT2D eigenvalue weighted by Gasteiger charge is 2.43. The highest BCUT2D eigenvalue weighted by molar-refractivity contribution is 5.78. The van der Waals surface area contributed by atoms with Gasteiger partial charge in [-0.05, 0) is 69.1 Å². The van der Waals surface area contributed by atoms with E-state index in [0.717, 1.165) is 48.4 Å². The minimum absolute atomic E-state index is 0.0423. The molecule has 0 spiro atoms. The minimum atomic E-state index is -1.34. The largest absolute Gasteiger partial charge is 0.444 e. The molecule has 2 atom stereocenters. The standard InChI is InChI=1S/C33H32FN7O5/c1-19(43-3)17-41-27-16-36-26(31-38-32(42)46-39-31)14-25(27)37-29(41)18-40-11-9-21(10-12-40)22-5-4-6-28-30(22)45-33(2,44-28)23-8-7-20(15-35)13-24(23)34/h4-8,13-14,16,19,21H,9-12,17-18H2,1-3H3,(H,38,39,42)/t19-,33-/m0/s1. The molecule has 1 saturated heterocycles. The molecule has 5 aromatic rings. The number of halogens is 1. The van der Waals surface area contributed by atoms with E-state index in [1.165, 1.54) is 6.07 Å². The van der Waals surface area contributed by atoms with E-state index in [9.17, 15) is 9.18 Å². The van der Waals surface area contributed by atoms with E-state index in [1.807, 2.05) is 25.1 Å². The molecular formula is C33H32FN7O5. The van der Waals surface area contributed by atoms with Crippen molar-refractivity contribution >= 4 is 11.0 Å². The van der Waals surface area contributed by atoms with E-state index in [2.05, 4.69) is 35.2 Å². The molecule has 1 N–H and O–H groups in total. The predicted molar refractivity (Wildman–Crippen MR) is 164 cm³/mol. The number of pyridine rings is 1. The van der Waals surface area contributed by atoms with E-state index in [1.54, 1.807) is 38.4 Å². The molecule has 0 unspecified atom stereocenters. The lowest BCUT2D eigenvalue weighted by molar-refractivity contribution is -0.0712. The van der Waals surface area contributed by atoms with Crippen molar-refractivity contribution in [2.24, 2.45) is 0 Å². The van der Waals surface area contributed by atoms with Gasteiger partial charge in [0, 0.05) is 19.6 Å². The average Bonchev–Trinajstić information content (AvgIpc) is 3.75. The monoisotopic (exact) mass is 625 g/mol. The van der Waals surface area contributed by atoms with Gasteiger partial charge in [0.05, 0.1) is 53.6 Å². The first-order valence-electron chi connectivity index (χ1n) is 15.1. The van der Waals surface area contributed by atoms with Gasteiger partial charge in [-0.2, -0.15) is 5.26 Å². The van der Waals surface area contributed by atoms with Crippen molar-refractivity contribution in [1.29, 1.82) is 5.26 Å². The van der Waals surface area contributed by atoms with E-state index in [4.69, 9.17) is 24.5 Å². The Morgan fingerprint density at radius 1 is 1.22 bits per heavy atom. The topological polar surface area (TPSA) is 144 Å². The number of likely N-dealkylation sites (tertiary alicyclic amines) is 1. The van der Waals surface area contributed by atoms with E-state index < -0.39 is 17.4 Å². The first kappa shape index (κ1) is 29.6. The van der Waals surface area contributed by atoms with Crippen molar-refractivity contribution in [3.05, 3.63) is 87.5 Å². The zero-order chi connectivity index (χ0) is 32.0. The van der Waals surface area contributed by atoms with Gasteiger partial charge in [0.25, 0.3) is 5.79 Å². The van der Waals surface area contributed by atoms with Gasteiger partial charge in [-0.1, -0.05) is 17.3 Å². The summed E-state index contributed by atoms with van der Waals surface area (Å²) in [4.78, 5) is 25.8. The molecule has 3 aromatic heterocycles. The summed E-state index contributed by atoms with van der Waals surface area (Å²) in [6.45, 7) is 6.62. The molecule has 7 rings (SSSR count). The maximum atomic E-state index is 15.0. The number of piperidine rings is 1. The van der Waals surface area contributed by atoms with Gasteiger partial charge in [-0.3, -0.25) is 19.4 Å². The number of rotatable bonds is 8. The molecule has 0 radical (unpaired) electrons. The number of hydrogen-bond acceptors (Lipinski definition) is 10. The summed E-state index contributed by atoms with van der Waals surface area (Å²) < 4.78 is 39.9. The molecule has 236 valence electrons. The highest BCUT2D eigenvalue weighted by atomic mass is 19.1. The molecule has 12 nitrogen and oxygen atoms in total. The molecular weight excluding hydrogens is 593 g/mol. The van der Waals surface area contributed by atoms with E-state index in [-0.39, 0.29) is 29.0 Å². The summed E-state index contributed by atoms with van der Waals surface area (Å²) in [5.74, 6) is 0.0556. The Labute approximate surface area is 263 Å². The molecule has 0 aliphatic carbocycles. The Balaban J connectivity index is 1.09. The molecule has 2 aliphatic heterocycles. The number of aromatic amines is 1. The Morgan fingerprint density at radius 3 is 2.76 bits per heavy atom. The molecule has 1 fully saturated rings. The third-order valence-corrected chi connectivity index (χ3v) is 8.83. The minimum Gasteiger partial charge on any atom is -0.444 e. The van der Waals surface area contributed by atoms with E-state index >= 15 is 0 Å². The fourth-order valence-corrected chi connectivity index (χ4v) is 6.33. The molecule has 0 amide bonds. The Kier molecular flexibility index (Phi) is 7.54. The van der Waals surface area contributed by atoms with Crippen LogP contribution < -0.4 is 15.2 Å². The molecule has 2 aliphatic rings. The van der Waals surface area contributed by atoms with Crippen LogP contribution in [0.4, 0.5) is 4.39 Å². The summed E-state index contributed by atoms with van der Waals surface area (Å²) >= 11 is 0. The Hall–Kier alpha value is -5.06. The number of nitrogens with zero attached hydrogens (tertiary/aromatic N) is 6. The number of H-pyrrole nitrogens is 1. The molecule has 5 heterocycles. The highest BCUT2D eigenvalue weighted by Crippen LogP contribution is 2.49. The smallest absolute Gasteiger partial charge is 0.439 e. The number of methoxy groups -OCH3 is 1. The van der Waals surface area contributed by atoms with Crippen LogP contribution in [0.5, 0.6) is 11.5 Å². The van der Waals surface area contributed by atoms with Crippen LogP contribution in [0.1, 0.15) is 55.1 Å². The number of nitrogens with one attached hydrogen (secondary N) is 1. The summed E-state index contributed by atoms with van der Waals surface area (Å²) in [6, 6.07) is 13.9. The lowest BCUT2D eigenvalue weighted by Gasteiger charge is -2.32. The van der Waals surface area contributed by atoms with Gasteiger partial charge < -0.3 is 18.8 Å². The third kappa shape index (κ3) is 5.39. The van der Waals surface area contributed by atoms with Crippen LogP contribution in [0.2, 0.25) is 0 Å². The van der Waals surface area contributed by atoms with Crippen molar-refractivity contribution < 1.29 is 23.1 Å². The van der Waals surface area contributed by atoms with Gasteiger partial charge in [-0.15, -0.1) is 0 Å². The first-order chi connectivity index (χ1) is 22.2. The summed E-state index contributed by atoms with van der Waals surface area (Å²) in [5, 5.41) is 12.9. The maximum Gasteiger partial charge on any atom is 0.439 e. The lowest BCUT2D eigenvalue weighted by Crippen LogP contribution is -2.34. The lowest BCUT2D eigenvalue weighted by atomic mass is 9.88. The zero-order valence-corrected chi connectivity index (χ0v) is 25.6. The SMILES string of the molecule is CO[C@@H](C)Cn1c(CN2CCC(c3cccc4c3O[C@@](C)(c3ccc(C#N)cc3F)O4)CC2)nc2cc(-c3noc(=O)[nH]3)ncc21. The van der Waals surface area contributed by atoms with Gasteiger partial charge in [0.15, 0.2) is 11.5 Å².